The van der Waals surface area contributed by atoms with E-state index < -0.39 is 15.9 Å². The third kappa shape index (κ3) is 4.65. The summed E-state index contributed by atoms with van der Waals surface area (Å²) in [6.45, 7) is 1.92. The van der Waals surface area contributed by atoms with Gasteiger partial charge in [-0.2, -0.15) is 13.2 Å². The van der Waals surface area contributed by atoms with Crippen molar-refractivity contribution in [1.82, 2.24) is 4.83 Å². The molecule has 0 saturated carbocycles. The van der Waals surface area contributed by atoms with Crippen LogP contribution < -0.4 is 15.7 Å². The number of nitrogens with zero attached hydrogens (tertiary/aromatic N) is 1. The zero-order chi connectivity index (χ0) is 21.8. The van der Waals surface area contributed by atoms with Gasteiger partial charge >= 0.3 is 0 Å². The molecule has 1 heterocycles. The van der Waals surface area contributed by atoms with Gasteiger partial charge in [-0.05, 0) is 48.9 Å². The Morgan fingerprint density at radius 1 is 0.903 bits per heavy atom. The number of carbonyl (C=O) groups is 1. The van der Waals surface area contributed by atoms with Crippen LogP contribution in [0.4, 0.5) is 5.69 Å². The van der Waals surface area contributed by atoms with E-state index in [2.05, 4.69) is 15.2 Å². The van der Waals surface area contributed by atoms with Gasteiger partial charge in [0.05, 0.1) is 4.90 Å². The first-order valence-corrected chi connectivity index (χ1v) is 10.9. The van der Waals surface area contributed by atoms with Crippen LogP contribution in [0, 0.1) is 6.92 Å². The topological polar surface area (TPSA) is 101 Å². The summed E-state index contributed by atoms with van der Waals surface area (Å²) in [7, 11) is -3.93. The number of anilines is 1. The second-order valence-corrected chi connectivity index (χ2v) is 8.51. The number of nitrogens with one attached hydrogen (secondary N) is 2. The predicted molar refractivity (Wildman–Crippen MR) is 118 cm³/mol. The molecule has 7 nitrogen and oxygen atoms in total. The van der Waals surface area contributed by atoms with E-state index in [9.17, 15) is 13.2 Å². The van der Waals surface area contributed by atoms with Gasteiger partial charge in [-0.25, -0.2) is 0 Å². The van der Waals surface area contributed by atoms with Gasteiger partial charge in [-0.1, -0.05) is 48.5 Å². The quantitative estimate of drug-likeness (QED) is 0.468. The minimum absolute atomic E-state index is 0.0466. The number of carbonyl (C=O) groups excluding carboxylic acids is 1. The molecule has 4 rings (SSSR count). The molecule has 0 atom stereocenters. The Labute approximate surface area is 179 Å². The maximum absolute atomic E-state index is 13.0. The molecular weight excluding hydrogens is 414 g/mol. The van der Waals surface area contributed by atoms with Crippen molar-refractivity contribution in [3.8, 4) is 0 Å². The highest BCUT2D eigenvalue weighted by Crippen LogP contribution is 2.15. The number of amides is 1. The summed E-state index contributed by atoms with van der Waals surface area (Å²) in [6.07, 6.45) is 0. The fraction of sp³-hybridized carbons (Fsp3) is 0.0435. The van der Waals surface area contributed by atoms with Crippen molar-refractivity contribution in [1.29, 1.82) is 0 Å². The Hall–Kier alpha value is -3.91. The van der Waals surface area contributed by atoms with Crippen molar-refractivity contribution in [2.24, 2.45) is 5.10 Å². The molecule has 0 fully saturated rings. The van der Waals surface area contributed by atoms with E-state index in [0.29, 0.717) is 16.7 Å². The van der Waals surface area contributed by atoms with Gasteiger partial charge in [0, 0.05) is 11.1 Å². The lowest BCUT2D eigenvalue weighted by Crippen LogP contribution is -2.27. The maximum atomic E-state index is 13.0. The second-order valence-electron chi connectivity index (χ2n) is 6.85. The van der Waals surface area contributed by atoms with Gasteiger partial charge in [0.2, 0.25) is 5.55 Å². The Morgan fingerprint density at radius 2 is 1.65 bits per heavy atom. The van der Waals surface area contributed by atoms with Gasteiger partial charge in [0.15, 0.2) is 0 Å². The van der Waals surface area contributed by atoms with Crippen molar-refractivity contribution < 1.29 is 17.6 Å². The van der Waals surface area contributed by atoms with E-state index in [-0.39, 0.29) is 16.0 Å². The van der Waals surface area contributed by atoms with Crippen molar-refractivity contribution in [2.45, 2.75) is 11.8 Å². The normalized spacial score (nSPS) is 12.0. The molecule has 1 amide bonds. The fourth-order valence-electron chi connectivity index (χ4n) is 2.99. The summed E-state index contributed by atoms with van der Waals surface area (Å²) in [5.41, 5.74) is 2.00. The minimum atomic E-state index is -3.93. The maximum Gasteiger partial charge on any atom is 0.276 e. The van der Waals surface area contributed by atoms with Gasteiger partial charge in [-0.15, -0.1) is 5.10 Å². The average Bonchev–Trinajstić information content (AvgIpc) is 2.77. The standard InChI is InChI=1S/C23H19N3O4S/c1-16-8-7-10-18(14-16)24-22(27)20-15-17-9-5-6-13-21(17)30-23(20)25-26-31(28,29)19-11-3-2-4-12-19/h2-15,26H,1H3,(H,24,27)/b25-23-. The summed E-state index contributed by atoms with van der Waals surface area (Å²) < 4.78 is 30.8. The second kappa shape index (κ2) is 8.45. The monoisotopic (exact) mass is 433 g/mol. The molecule has 0 radical (unpaired) electrons. The van der Waals surface area contributed by atoms with Crippen LogP contribution in [0.5, 0.6) is 0 Å². The van der Waals surface area contributed by atoms with Crippen LogP contribution >= 0.6 is 0 Å². The Morgan fingerprint density at radius 3 is 2.42 bits per heavy atom. The first kappa shape index (κ1) is 20.4. The predicted octanol–water partition coefficient (Wildman–Crippen LogP) is 3.79. The highest BCUT2D eigenvalue weighted by molar-refractivity contribution is 7.89. The molecular formula is C23H19N3O4S. The number of rotatable bonds is 5. The molecule has 0 bridgehead atoms. The Kier molecular flexibility index (Phi) is 5.55. The molecule has 0 spiro atoms. The van der Waals surface area contributed by atoms with E-state index in [0.717, 1.165) is 5.56 Å². The number of hydrogen-bond acceptors (Lipinski definition) is 5. The highest BCUT2D eigenvalue weighted by atomic mass is 32.2. The summed E-state index contributed by atoms with van der Waals surface area (Å²) in [4.78, 5) is 15.2. The third-order valence-corrected chi connectivity index (χ3v) is 5.72. The number of benzene rings is 3. The van der Waals surface area contributed by atoms with E-state index >= 15 is 0 Å². The average molecular weight is 433 g/mol. The van der Waals surface area contributed by atoms with E-state index in [1.165, 1.54) is 12.1 Å². The van der Waals surface area contributed by atoms with Gasteiger partial charge < -0.3 is 9.73 Å². The number of aryl methyl sites for hydroxylation is 1. The molecule has 3 aromatic carbocycles. The van der Waals surface area contributed by atoms with Crippen LogP contribution in [0.25, 0.3) is 11.0 Å². The number of para-hydroxylation sites is 1. The molecule has 0 aliphatic carbocycles. The Bertz CT molecular complexity index is 1430. The SMILES string of the molecule is Cc1cccc(NC(=O)c2cc3ccccc3o/c2=N\NS(=O)(=O)c2ccccc2)c1. The lowest BCUT2D eigenvalue weighted by Gasteiger charge is -2.08. The van der Waals surface area contributed by atoms with Crippen LogP contribution in [-0.4, -0.2) is 14.3 Å². The Balaban J connectivity index is 1.76. The first-order valence-electron chi connectivity index (χ1n) is 9.44. The van der Waals surface area contributed by atoms with Crippen molar-refractivity contribution in [3.63, 3.8) is 0 Å². The van der Waals surface area contributed by atoms with Crippen molar-refractivity contribution in [2.75, 3.05) is 5.32 Å². The van der Waals surface area contributed by atoms with Crippen LogP contribution in [-0.2, 0) is 10.0 Å². The van der Waals surface area contributed by atoms with Crippen LogP contribution in [0.2, 0.25) is 0 Å². The van der Waals surface area contributed by atoms with Crippen molar-refractivity contribution in [3.05, 3.63) is 102 Å². The number of fused-ring (bicyclic) bond motifs is 1. The van der Waals surface area contributed by atoms with Crippen molar-refractivity contribution >= 4 is 32.6 Å². The molecule has 0 saturated heterocycles. The molecule has 0 unspecified atom stereocenters. The van der Waals surface area contributed by atoms with Crippen LogP contribution in [0.3, 0.4) is 0 Å². The lowest BCUT2D eigenvalue weighted by molar-refractivity contribution is 0.102. The van der Waals surface area contributed by atoms with E-state index in [1.807, 2.05) is 31.2 Å². The highest BCUT2D eigenvalue weighted by Gasteiger charge is 2.16. The van der Waals surface area contributed by atoms with E-state index in [1.54, 1.807) is 48.5 Å². The molecule has 156 valence electrons. The molecule has 31 heavy (non-hydrogen) atoms. The van der Waals surface area contributed by atoms with Gasteiger partial charge in [-0.3, -0.25) is 4.79 Å². The third-order valence-electron chi connectivity index (χ3n) is 4.50. The molecule has 0 aliphatic heterocycles. The minimum Gasteiger partial charge on any atom is -0.436 e. The molecule has 4 aromatic rings. The van der Waals surface area contributed by atoms with Crippen LogP contribution in [0.1, 0.15) is 15.9 Å². The fourth-order valence-corrected chi connectivity index (χ4v) is 3.81. The molecule has 1 aromatic heterocycles. The summed E-state index contributed by atoms with van der Waals surface area (Å²) >= 11 is 0. The van der Waals surface area contributed by atoms with Gasteiger partial charge in [0.25, 0.3) is 15.9 Å². The largest absolute Gasteiger partial charge is 0.436 e. The first-order chi connectivity index (χ1) is 14.9. The summed E-state index contributed by atoms with van der Waals surface area (Å²) in [5, 5.41) is 7.40. The zero-order valence-corrected chi connectivity index (χ0v) is 17.4. The molecule has 2 N–H and O–H groups in total. The smallest absolute Gasteiger partial charge is 0.276 e. The zero-order valence-electron chi connectivity index (χ0n) is 16.6. The molecule has 0 aliphatic rings. The number of hydrogen-bond donors (Lipinski definition) is 2. The molecule has 8 heteroatoms. The lowest BCUT2D eigenvalue weighted by atomic mass is 10.1. The number of sulfonamides is 1. The van der Waals surface area contributed by atoms with E-state index in [4.69, 9.17) is 4.42 Å². The summed E-state index contributed by atoms with van der Waals surface area (Å²) in [6, 6.07) is 23.8. The van der Waals surface area contributed by atoms with Crippen LogP contribution in [0.15, 0.2) is 99.3 Å². The summed E-state index contributed by atoms with van der Waals surface area (Å²) in [5.74, 6) is -0.474. The van der Waals surface area contributed by atoms with Gasteiger partial charge in [0.1, 0.15) is 11.1 Å².